The molecule has 1 aromatic heterocycles. The predicted molar refractivity (Wildman–Crippen MR) is 85.7 cm³/mol. The minimum absolute atomic E-state index is 0.0947. The second-order valence-corrected chi connectivity index (χ2v) is 5.98. The smallest absolute Gasteiger partial charge is 0.270 e. The molecule has 1 aromatic carbocycles. The van der Waals surface area contributed by atoms with Crippen LogP contribution in [0.4, 0.5) is 0 Å². The van der Waals surface area contributed by atoms with Gasteiger partial charge in [0.1, 0.15) is 5.69 Å². The molecule has 0 saturated heterocycles. The molecule has 1 fully saturated rings. The maximum Gasteiger partial charge on any atom is 0.270 e. The van der Waals surface area contributed by atoms with Crippen LogP contribution in [0.5, 0.6) is 0 Å². The number of halogens is 1. The van der Waals surface area contributed by atoms with Gasteiger partial charge in [0.25, 0.3) is 5.91 Å². The summed E-state index contributed by atoms with van der Waals surface area (Å²) in [5.41, 5.74) is 1.33. The lowest BCUT2D eigenvalue weighted by molar-refractivity contribution is 0.0906. The van der Waals surface area contributed by atoms with Crippen LogP contribution in [-0.2, 0) is 0 Å². The molecule has 0 bridgehead atoms. The fourth-order valence-electron chi connectivity index (χ4n) is 3.02. The van der Waals surface area contributed by atoms with E-state index in [1.807, 2.05) is 30.3 Å². The summed E-state index contributed by atoms with van der Waals surface area (Å²) < 4.78 is 0. The molecule has 1 amide bonds. The van der Waals surface area contributed by atoms with Crippen molar-refractivity contribution in [2.75, 3.05) is 5.88 Å². The van der Waals surface area contributed by atoms with Gasteiger partial charge in [-0.3, -0.25) is 4.79 Å². The average Bonchev–Trinajstić information content (AvgIpc) is 2.55. The van der Waals surface area contributed by atoms with E-state index >= 15 is 0 Å². The van der Waals surface area contributed by atoms with Crippen LogP contribution >= 0.6 is 11.6 Å². The lowest BCUT2D eigenvalue weighted by Gasteiger charge is -2.30. The molecule has 4 heteroatoms. The number of benzene rings is 1. The number of alkyl halides is 1. The van der Waals surface area contributed by atoms with E-state index in [4.69, 9.17) is 11.6 Å². The fourth-order valence-corrected chi connectivity index (χ4v) is 3.39. The molecule has 1 aliphatic carbocycles. The minimum atomic E-state index is -0.0947. The molecule has 1 N–H and O–H groups in total. The second-order valence-electron chi connectivity index (χ2n) is 5.67. The Labute approximate surface area is 129 Å². The first-order chi connectivity index (χ1) is 10.3. The van der Waals surface area contributed by atoms with Gasteiger partial charge in [0, 0.05) is 17.3 Å². The zero-order valence-electron chi connectivity index (χ0n) is 11.9. The van der Waals surface area contributed by atoms with E-state index in [0.29, 0.717) is 17.5 Å². The van der Waals surface area contributed by atoms with Gasteiger partial charge in [0.2, 0.25) is 0 Å². The Kier molecular flexibility index (Phi) is 4.39. The standard InChI is InChI=1S/C17H19ClN2O/c18-11-13-6-2-4-8-15(13)20-17(21)16-10-9-12-5-1-3-7-14(12)19-16/h1,3,5,7,9-10,13,15H,2,4,6,8,11H2,(H,20,21). The Morgan fingerprint density at radius 1 is 1.19 bits per heavy atom. The number of hydrogen-bond acceptors (Lipinski definition) is 2. The van der Waals surface area contributed by atoms with Gasteiger partial charge >= 0.3 is 0 Å². The number of fused-ring (bicyclic) bond motifs is 1. The molecule has 2 aromatic rings. The number of nitrogens with one attached hydrogen (secondary N) is 1. The first-order valence-electron chi connectivity index (χ1n) is 7.50. The zero-order chi connectivity index (χ0) is 14.7. The number of carbonyl (C=O) groups excluding carboxylic acids is 1. The molecular weight excluding hydrogens is 284 g/mol. The number of hydrogen-bond donors (Lipinski definition) is 1. The van der Waals surface area contributed by atoms with Crippen LogP contribution in [0.25, 0.3) is 10.9 Å². The Morgan fingerprint density at radius 3 is 2.86 bits per heavy atom. The molecule has 1 aliphatic rings. The number of para-hydroxylation sites is 1. The van der Waals surface area contributed by atoms with Crippen molar-refractivity contribution in [2.45, 2.75) is 31.7 Å². The summed E-state index contributed by atoms with van der Waals surface area (Å²) in [6.07, 6.45) is 4.47. The summed E-state index contributed by atoms with van der Waals surface area (Å²) in [7, 11) is 0. The van der Waals surface area contributed by atoms with Crippen molar-refractivity contribution in [2.24, 2.45) is 5.92 Å². The summed E-state index contributed by atoms with van der Waals surface area (Å²) in [6, 6.07) is 11.7. The normalized spacial score (nSPS) is 22.1. The quantitative estimate of drug-likeness (QED) is 0.877. The summed E-state index contributed by atoms with van der Waals surface area (Å²) in [4.78, 5) is 16.8. The first-order valence-corrected chi connectivity index (χ1v) is 8.04. The van der Waals surface area contributed by atoms with E-state index in [0.717, 1.165) is 30.2 Å². The average molecular weight is 303 g/mol. The number of aromatic nitrogens is 1. The molecule has 1 heterocycles. The largest absolute Gasteiger partial charge is 0.348 e. The highest BCUT2D eigenvalue weighted by atomic mass is 35.5. The highest BCUT2D eigenvalue weighted by molar-refractivity contribution is 6.18. The molecular formula is C17H19ClN2O. The van der Waals surface area contributed by atoms with Crippen LogP contribution in [0.15, 0.2) is 36.4 Å². The molecule has 3 rings (SSSR count). The van der Waals surface area contributed by atoms with Gasteiger partial charge in [-0.25, -0.2) is 4.98 Å². The number of rotatable bonds is 3. The van der Waals surface area contributed by atoms with E-state index < -0.39 is 0 Å². The molecule has 110 valence electrons. The van der Waals surface area contributed by atoms with Gasteiger partial charge in [0.15, 0.2) is 0 Å². The molecule has 1 saturated carbocycles. The number of carbonyl (C=O) groups is 1. The molecule has 21 heavy (non-hydrogen) atoms. The van der Waals surface area contributed by atoms with Gasteiger partial charge in [-0.15, -0.1) is 11.6 Å². The third-order valence-corrected chi connectivity index (χ3v) is 4.65. The molecule has 2 unspecified atom stereocenters. The summed E-state index contributed by atoms with van der Waals surface area (Å²) in [5, 5.41) is 4.16. The van der Waals surface area contributed by atoms with Crippen molar-refractivity contribution < 1.29 is 4.79 Å². The predicted octanol–water partition coefficient (Wildman–Crippen LogP) is 3.76. The molecule has 0 aliphatic heterocycles. The van der Waals surface area contributed by atoms with Crippen molar-refractivity contribution in [3.05, 3.63) is 42.1 Å². The van der Waals surface area contributed by atoms with Gasteiger partial charge in [-0.05, 0) is 30.9 Å². The molecule has 0 spiro atoms. The van der Waals surface area contributed by atoms with E-state index in [9.17, 15) is 4.79 Å². The highest BCUT2D eigenvalue weighted by Crippen LogP contribution is 2.25. The topological polar surface area (TPSA) is 42.0 Å². The number of amides is 1. The molecule has 0 radical (unpaired) electrons. The number of pyridine rings is 1. The van der Waals surface area contributed by atoms with Gasteiger partial charge in [-0.2, -0.15) is 0 Å². The second kappa shape index (κ2) is 6.44. The maximum absolute atomic E-state index is 12.4. The Morgan fingerprint density at radius 2 is 2.00 bits per heavy atom. The summed E-state index contributed by atoms with van der Waals surface area (Å²) >= 11 is 6.02. The zero-order valence-corrected chi connectivity index (χ0v) is 12.6. The van der Waals surface area contributed by atoms with E-state index in [2.05, 4.69) is 10.3 Å². The highest BCUT2D eigenvalue weighted by Gasteiger charge is 2.26. The first kappa shape index (κ1) is 14.3. The maximum atomic E-state index is 12.4. The van der Waals surface area contributed by atoms with E-state index in [1.54, 1.807) is 6.07 Å². The third-order valence-electron chi connectivity index (χ3n) is 4.25. The monoisotopic (exact) mass is 302 g/mol. The van der Waals surface area contributed by atoms with Gasteiger partial charge in [-0.1, -0.05) is 37.1 Å². The van der Waals surface area contributed by atoms with Crippen LogP contribution in [0.2, 0.25) is 0 Å². The van der Waals surface area contributed by atoms with Crippen LogP contribution in [0.1, 0.15) is 36.2 Å². The third kappa shape index (κ3) is 3.18. The van der Waals surface area contributed by atoms with Crippen molar-refractivity contribution in [1.82, 2.24) is 10.3 Å². The summed E-state index contributed by atoms with van der Waals surface area (Å²) in [5.74, 6) is 0.892. The van der Waals surface area contributed by atoms with Crippen molar-refractivity contribution in [3.8, 4) is 0 Å². The Bertz CT molecular complexity index is 643. The minimum Gasteiger partial charge on any atom is -0.348 e. The van der Waals surface area contributed by atoms with Crippen LogP contribution in [0, 0.1) is 5.92 Å². The Hall–Kier alpha value is -1.61. The van der Waals surface area contributed by atoms with Crippen LogP contribution < -0.4 is 5.32 Å². The SMILES string of the molecule is O=C(NC1CCCCC1CCl)c1ccc2ccccc2n1. The van der Waals surface area contributed by atoms with Crippen LogP contribution in [-0.4, -0.2) is 22.8 Å². The van der Waals surface area contributed by atoms with Crippen molar-refractivity contribution in [1.29, 1.82) is 0 Å². The number of nitrogens with zero attached hydrogens (tertiary/aromatic N) is 1. The fraction of sp³-hybridized carbons (Fsp3) is 0.412. The summed E-state index contributed by atoms with van der Waals surface area (Å²) in [6.45, 7) is 0. The lowest BCUT2D eigenvalue weighted by Crippen LogP contribution is -2.43. The lowest BCUT2D eigenvalue weighted by atomic mass is 9.85. The molecule has 3 nitrogen and oxygen atoms in total. The molecule has 2 atom stereocenters. The van der Waals surface area contributed by atoms with Crippen LogP contribution in [0.3, 0.4) is 0 Å². The van der Waals surface area contributed by atoms with Gasteiger partial charge < -0.3 is 5.32 Å². The van der Waals surface area contributed by atoms with E-state index in [1.165, 1.54) is 6.42 Å². The van der Waals surface area contributed by atoms with Crippen molar-refractivity contribution >= 4 is 28.4 Å². The van der Waals surface area contributed by atoms with Crippen molar-refractivity contribution in [3.63, 3.8) is 0 Å². The Balaban J connectivity index is 1.76. The van der Waals surface area contributed by atoms with Gasteiger partial charge in [0.05, 0.1) is 5.52 Å². The van der Waals surface area contributed by atoms with E-state index in [-0.39, 0.29) is 11.9 Å².